The van der Waals surface area contributed by atoms with Gasteiger partial charge >= 0.3 is 0 Å². The lowest BCUT2D eigenvalue weighted by Gasteiger charge is -2.13. The maximum atomic E-state index is 13.8. The summed E-state index contributed by atoms with van der Waals surface area (Å²) in [5.74, 6) is -0.282. The van der Waals surface area contributed by atoms with E-state index < -0.39 is 11.7 Å². The lowest BCUT2D eigenvalue weighted by atomic mass is 10.2. The molecule has 0 N–H and O–H groups in total. The Morgan fingerprint density at radius 1 is 1.12 bits per heavy atom. The van der Waals surface area contributed by atoms with Gasteiger partial charge in [0, 0.05) is 12.6 Å². The summed E-state index contributed by atoms with van der Waals surface area (Å²) >= 11 is 1.26. The van der Waals surface area contributed by atoms with Crippen LogP contribution in [0, 0.1) is 5.82 Å². The second-order valence-corrected chi connectivity index (χ2v) is 5.92. The number of hydrogen-bond acceptors (Lipinski definition) is 5. The normalized spacial score (nSPS) is 10.5. The van der Waals surface area contributed by atoms with E-state index in [9.17, 15) is 9.18 Å². The molecule has 0 fully saturated rings. The van der Waals surface area contributed by atoms with Crippen LogP contribution in [0.3, 0.4) is 0 Å². The topological polar surface area (TPSA) is 55.3 Å². The van der Waals surface area contributed by atoms with Crippen LogP contribution in [0.1, 0.15) is 10.4 Å². The van der Waals surface area contributed by atoms with Crippen molar-refractivity contribution in [2.45, 2.75) is 0 Å². The Labute approximate surface area is 142 Å². The van der Waals surface area contributed by atoms with Crippen molar-refractivity contribution in [3.63, 3.8) is 0 Å². The zero-order valence-electron chi connectivity index (χ0n) is 13.1. The molecule has 0 saturated heterocycles. The van der Waals surface area contributed by atoms with E-state index in [0.29, 0.717) is 10.1 Å². The molecule has 2 aromatic carbocycles. The number of carbonyl (C=O) groups excluding carboxylic acids is 1. The molecule has 0 aliphatic heterocycles. The van der Waals surface area contributed by atoms with Crippen LogP contribution >= 0.6 is 11.3 Å². The van der Waals surface area contributed by atoms with Gasteiger partial charge < -0.3 is 4.74 Å². The van der Waals surface area contributed by atoms with E-state index in [1.165, 1.54) is 28.4 Å². The highest BCUT2D eigenvalue weighted by Gasteiger charge is 2.20. The third-order valence-corrected chi connectivity index (χ3v) is 4.50. The highest BCUT2D eigenvalue weighted by Crippen LogP contribution is 2.30. The fraction of sp³-hybridized carbons (Fsp3) is 0.118. The fourth-order valence-corrected chi connectivity index (χ4v) is 2.91. The Bertz CT molecular complexity index is 864. The summed E-state index contributed by atoms with van der Waals surface area (Å²) in [4.78, 5) is 13.7. The van der Waals surface area contributed by atoms with Crippen molar-refractivity contribution in [2.24, 2.45) is 0 Å². The molecule has 0 aliphatic carbocycles. The van der Waals surface area contributed by atoms with E-state index in [-0.39, 0.29) is 5.56 Å². The largest absolute Gasteiger partial charge is 0.497 e. The molecule has 0 radical (unpaired) electrons. The summed E-state index contributed by atoms with van der Waals surface area (Å²) in [6.45, 7) is 0. The van der Waals surface area contributed by atoms with Crippen LogP contribution in [0.25, 0.3) is 10.6 Å². The van der Waals surface area contributed by atoms with E-state index in [2.05, 4.69) is 10.2 Å². The molecule has 3 rings (SSSR count). The molecule has 122 valence electrons. The molecule has 0 bridgehead atoms. The molecule has 24 heavy (non-hydrogen) atoms. The van der Waals surface area contributed by atoms with Crippen LogP contribution in [-0.2, 0) is 0 Å². The van der Waals surface area contributed by atoms with Crippen molar-refractivity contribution >= 4 is 22.4 Å². The number of aromatic nitrogens is 2. The van der Waals surface area contributed by atoms with Gasteiger partial charge in [0.2, 0.25) is 5.13 Å². The van der Waals surface area contributed by atoms with E-state index in [1.54, 1.807) is 26.3 Å². The van der Waals surface area contributed by atoms with Crippen molar-refractivity contribution < 1.29 is 13.9 Å². The van der Waals surface area contributed by atoms with Crippen molar-refractivity contribution in [3.8, 4) is 16.3 Å². The Kier molecular flexibility index (Phi) is 4.52. The summed E-state index contributed by atoms with van der Waals surface area (Å²) < 4.78 is 18.9. The molecule has 0 saturated carbocycles. The molecule has 0 aliphatic rings. The number of anilines is 1. The highest BCUT2D eigenvalue weighted by molar-refractivity contribution is 7.18. The van der Waals surface area contributed by atoms with Crippen molar-refractivity contribution in [1.82, 2.24) is 10.2 Å². The molecule has 1 amide bonds. The molecule has 7 heteroatoms. The minimum atomic E-state index is -0.561. The van der Waals surface area contributed by atoms with Crippen LogP contribution in [0.4, 0.5) is 9.52 Å². The number of methoxy groups -OCH3 is 1. The zero-order chi connectivity index (χ0) is 17.1. The third kappa shape index (κ3) is 3.11. The van der Waals surface area contributed by atoms with Gasteiger partial charge in [-0.3, -0.25) is 9.69 Å². The van der Waals surface area contributed by atoms with Crippen LogP contribution in [0.15, 0.2) is 48.5 Å². The fourth-order valence-electron chi connectivity index (χ4n) is 2.10. The first-order valence-corrected chi connectivity index (χ1v) is 7.92. The van der Waals surface area contributed by atoms with Crippen molar-refractivity contribution in [3.05, 3.63) is 59.9 Å². The van der Waals surface area contributed by atoms with Crippen LogP contribution in [-0.4, -0.2) is 30.3 Å². The predicted octanol–water partition coefficient (Wildman–Crippen LogP) is 3.63. The van der Waals surface area contributed by atoms with Gasteiger partial charge in [-0.15, -0.1) is 10.2 Å². The summed E-state index contributed by atoms with van der Waals surface area (Å²) in [5, 5.41) is 9.20. The van der Waals surface area contributed by atoms with E-state index in [0.717, 1.165) is 11.3 Å². The Morgan fingerprint density at radius 3 is 2.50 bits per heavy atom. The lowest BCUT2D eigenvalue weighted by molar-refractivity contribution is 0.0989. The highest BCUT2D eigenvalue weighted by atomic mass is 32.1. The molecule has 0 unspecified atom stereocenters. The SMILES string of the molecule is COc1ccc(-c2nnc(N(C)C(=O)c3ccccc3F)s2)cc1. The monoisotopic (exact) mass is 343 g/mol. The number of halogens is 1. The first kappa shape index (κ1) is 16.1. The average molecular weight is 343 g/mol. The number of rotatable bonds is 4. The molecule has 5 nitrogen and oxygen atoms in total. The van der Waals surface area contributed by atoms with Gasteiger partial charge in [-0.25, -0.2) is 4.39 Å². The minimum Gasteiger partial charge on any atom is -0.497 e. The number of ether oxygens (including phenoxy) is 1. The molecule has 1 heterocycles. The van der Waals surface area contributed by atoms with Crippen LogP contribution < -0.4 is 9.64 Å². The molecule has 1 aromatic heterocycles. The van der Waals surface area contributed by atoms with Gasteiger partial charge in [0.05, 0.1) is 12.7 Å². The first-order valence-electron chi connectivity index (χ1n) is 7.10. The van der Waals surface area contributed by atoms with E-state index >= 15 is 0 Å². The summed E-state index contributed by atoms with van der Waals surface area (Å²) in [7, 11) is 3.15. The summed E-state index contributed by atoms with van der Waals surface area (Å²) in [6.07, 6.45) is 0. The summed E-state index contributed by atoms with van der Waals surface area (Å²) in [5.41, 5.74) is 0.868. The average Bonchev–Trinajstić information content (AvgIpc) is 3.11. The smallest absolute Gasteiger partial charge is 0.262 e. The van der Waals surface area contributed by atoms with E-state index in [1.807, 2.05) is 24.3 Å². The Hall–Kier alpha value is -2.80. The van der Waals surface area contributed by atoms with Gasteiger partial charge in [-0.2, -0.15) is 0 Å². The molecule has 0 atom stereocenters. The van der Waals surface area contributed by atoms with Gasteiger partial charge in [-0.1, -0.05) is 23.5 Å². The first-order chi connectivity index (χ1) is 11.6. The lowest BCUT2D eigenvalue weighted by Crippen LogP contribution is -2.26. The second-order valence-electron chi connectivity index (χ2n) is 4.96. The number of nitrogens with zero attached hydrogens (tertiary/aromatic N) is 3. The second kappa shape index (κ2) is 6.76. The van der Waals surface area contributed by atoms with Gasteiger partial charge in [-0.05, 0) is 36.4 Å². The minimum absolute atomic E-state index is 0.00111. The maximum Gasteiger partial charge on any atom is 0.262 e. The van der Waals surface area contributed by atoms with Crippen molar-refractivity contribution in [1.29, 1.82) is 0 Å². The molecule has 3 aromatic rings. The number of carbonyl (C=O) groups is 1. The van der Waals surface area contributed by atoms with Gasteiger partial charge in [0.25, 0.3) is 5.91 Å². The predicted molar refractivity (Wildman–Crippen MR) is 91.0 cm³/mol. The number of benzene rings is 2. The third-order valence-electron chi connectivity index (χ3n) is 3.45. The maximum absolute atomic E-state index is 13.8. The molecular formula is C17H14FN3O2S. The van der Waals surface area contributed by atoms with Crippen LogP contribution in [0.5, 0.6) is 5.75 Å². The number of hydrogen-bond donors (Lipinski definition) is 0. The zero-order valence-corrected chi connectivity index (χ0v) is 13.9. The van der Waals surface area contributed by atoms with Gasteiger partial charge in [0.15, 0.2) is 0 Å². The Morgan fingerprint density at radius 2 is 1.83 bits per heavy atom. The number of amides is 1. The van der Waals surface area contributed by atoms with Gasteiger partial charge in [0.1, 0.15) is 16.6 Å². The molecule has 0 spiro atoms. The quantitative estimate of drug-likeness (QED) is 0.726. The van der Waals surface area contributed by atoms with Crippen molar-refractivity contribution in [2.75, 3.05) is 19.1 Å². The molecular weight excluding hydrogens is 329 g/mol. The van der Waals surface area contributed by atoms with E-state index in [4.69, 9.17) is 4.74 Å². The summed E-state index contributed by atoms with van der Waals surface area (Å²) in [6, 6.07) is 13.2. The van der Waals surface area contributed by atoms with Crippen LogP contribution in [0.2, 0.25) is 0 Å². The Balaban J connectivity index is 1.84. The standard InChI is InChI=1S/C17H14FN3O2S/c1-21(16(22)13-5-3-4-6-14(13)18)17-20-19-15(24-17)11-7-9-12(23-2)10-8-11/h3-10H,1-2H3.